The minimum atomic E-state index is -1.10. The van der Waals surface area contributed by atoms with Gasteiger partial charge in [-0.3, -0.25) is 0 Å². The zero-order chi connectivity index (χ0) is 45.9. The fraction of sp³-hybridized carbons (Fsp3) is 0.125. The van der Waals surface area contributed by atoms with Crippen molar-refractivity contribution in [1.82, 2.24) is 0 Å². The van der Waals surface area contributed by atoms with Crippen molar-refractivity contribution in [3.8, 4) is 0 Å². The number of anilines is 6. The summed E-state index contributed by atoms with van der Waals surface area (Å²) < 4.78 is 0. The number of carboxylic acid groups (broad SMARTS) is 6. The van der Waals surface area contributed by atoms with E-state index in [0.29, 0.717) is 73.4 Å². The molecule has 0 heterocycles. The summed E-state index contributed by atoms with van der Waals surface area (Å²) in [6.45, 7) is 1.88. The van der Waals surface area contributed by atoms with Crippen LogP contribution in [-0.2, 0) is 0 Å². The van der Waals surface area contributed by atoms with Crippen LogP contribution in [0.2, 0.25) is 0 Å². The van der Waals surface area contributed by atoms with Gasteiger partial charge in [-0.1, -0.05) is 0 Å². The Balaban J connectivity index is 1.34. The number of hydrogen-bond acceptors (Lipinski definition) is 10. The van der Waals surface area contributed by atoms with E-state index in [4.69, 9.17) is 0 Å². The van der Waals surface area contributed by atoms with Gasteiger partial charge in [-0.25, -0.2) is 28.8 Å². The lowest BCUT2D eigenvalue weighted by Gasteiger charge is -2.34. The number of carboxylic acids is 6. The first-order chi connectivity index (χ1) is 30.7. The molecule has 0 saturated carbocycles. The molecule has 0 aromatic heterocycles. The highest BCUT2D eigenvalue weighted by Gasteiger charge is 2.20. The Morgan fingerprint density at radius 3 is 0.578 bits per heavy atom. The average molecular weight is 867 g/mol. The molecule has 64 heavy (non-hydrogen) atoms. The van der Waals surface area contributed by atoms with Gasteiger partial charge in [0.25, 0.3) is 0 Å². The summed E-state index contributed by atoms with van der Waals surface area (Å²) in [5.41, 5.74) is 4.33. The Labute approximate surface area is 366 Å². The molecular weight excluding hydrogens is 825 g/mol. The molecule has 0 radical (unpaired) electrons. The maximum Gasteiger partial charge on any atom is 0.335 e. The largest absolute Gasteiger partial charge is 0.478 e. The van der Waals surface area contributed by atoms with E-state index in [1.54, 1.807) is 72.8 Å². The molecule has 6 aromatic carbocycles. The maximum atomic E-state index is 11.8. The molecule has 0 fully saturated rings. The van der Waals surface area contributed by atoms with E-state index in [0.717, 1.165) is 0 Å². The Kier molecular flexibility index (Phi) is 14.2. The van der Waals surface area contributed by atoms with Crippen LogP contribution in [0.5, 0.6) is 0 Å². The van der Waals surface area contributed by atoms with E-state index in [9.17, 15) is 59.4 Å². The zero-order valence-corrected chi connectivity index (χ0v) is 34.0. The molecule has 6 N–H and O–H groups in total. The lowest BCUT2D eigenvalue weighted by atomic mass is 10.1. The normalized spacial score (nSPS) is 10.7. The van der Waals surface area contributed by atoms with Crippen LogP contribution in [0.4, 0.5) is 34.1 Å². The quantitative estimate of drug-likeness (QED) is 0.0404. The van der Waals surface area contributed by atoms with Crippen molar-refractivity contribution >= 4 is 69.9 Å². The molecule has 0 atom stereocenters. The summed E-state index contributed by atoms with van der Waals surface area (Å²) in [4.78, 5) is 78.2. The van der Waals surface area contributed by atoms with Gasteiger partial charge in [-0.05, 0) is 146 Å². The van der Waals surface area contributed by atoms with E-state index in [2.05, 4.69) is 0 Å². The summed E-state index contributed by atoms with van der Waals surface area (Å²) >= 11 is 0. The fourth-order valence-corrected chi connectivity index (χ4v) is 7.00. The second-order valence-corrected chi connectivity index (χ2v) is 14.4. The summed E-state index contributed by atoms with van der Waals surface area (Å²) in [6, 6.07) is 37.7. The van der Waals surface area contributed by atoms with Gasteiger partial charge in [0.1, 0.15) is 0 Å². The van der Waals surface area contributed by atoms with Crippen molar-refractivity contribution in [3.05, 3.63) is 179 Å². The van der Waals surface area contributed by atoms with Crippen molar-refractivity contribution < 1.29 is 59.4 Å². The molecule has 0 aliphatic carbocycles. The Morgan fingerprint density at radius 1 is 0.250 bits per heavy atom. The van der Waals surface area contributed by atoms with Crippen LogP contribution < -0.4 is 19.6 Å². The first-order valence-corrected chi connectivity index (χ1v) is 19.7. The van der Waals surface area contributed by atoms with E-state index < -0.39 is 35.8 Å². The van der Waals surface area contributed by atoms with Crippen molar-refractivity contribution in [1.29, 1.82) is 0 Å². The highest BCUT2D eigenvalue weighted by atomic mass is 16.4. The number of nitrogens with zero attached hydrogens (tertiary/aromatic N) is 4. The second kappa shape index (κ2) is 20.3. The molecule has 16 heteroatoms. The summed E-state index contributed by atoms with van der Waals surface area (Å²) in [5.74, 6) is -6.60. The van der Waals surface area contributed by atoms with Crippen LogP contribution in [-0.4, -0.2) is 106 Å². The minimum Gasteiger partial charge on any atom is -0.478 e. The van der Waals surface area contributed by atoms with Gasteiger partial charge in [0.05, 0.1) is 33.4 Å². The zero-order valence-electron chi connectivity index (χ0n) is 34.0. The van der Waals surface area contributed by atoms with Crippen molar-refractivity contribution in [2.45, 2.75) is 0 Å². The van der Waals surface area contributed by atoms with Crippen LogP contribution in [0.25, 0.3) is 0 Å². The third-order valence-electron chi connectivity index (χ3n) is 10.5. The lowest BCUT2D eigenvalue weighted by Crippen LogP contribution is -2.41. The van der Waals surface area contributed by atoms with Crippen molar-refractivity contribution in [2.75, 3.05) is 58.9 Å². The Morgan fingerprint density at radius 2 is 0.406 bits per heavy atom. The van der Waals surface area contributed by atoms with Gasteiger partial charge in [-0.2, -0.15) is 0 Å². The Bertz CT molecular complexity index is 2320. The number of rotatable bonds is 21. The van der Waals surface area contributed by atoms with E-state index in [1.807, 2.05) is 19.6 Å². The molecule has 0 aliphatic heterocycles. The molecule has 326 valence electrons. The predicted octanol–water partition coefficient (Wildman–Crippen LogP) is 7.87. The predicted molar refractivity (Wildman–Crippen MR) is 239 cm³/mol. The van der Waals surface area contributed by atoms with Crippen molar-refractivity contribution in [2.24, 2.45) is 0 Å². The highest BCUT2D eigenvalue weighted by molar-refractivity contribution is 5.91. The molecule has 0 unspecified atom stereocenters. The molecule has 6 rings (SSSR count). The molecule has 0 aliphatic rings. The van der Waals surface area contributed by atoms with E-state index in [-0.39, 0.29) is 33.4 Å². The number of carbonyl (C=O) groups is 6. The number of hydrogen-bond donors (Lipinski definition) is 6. The van der Waals surface area contributed by atoms with Gasteiger partial charge in [0, 0.05) is 73.4 Å². The van der Waals surface area contributed by atoms with Gasteiger partial charge in [0.2, 0.25) is 0 Å². The average Bonchev–Trinajstić information content (AvgIpc) is 3.30. The topological polar surface area (TPSA) is 237 Å². The molecule has 0 spiro atoms. The fourth-order valence-electron chi connectivity index (χ4n) is 7.00. The third kappa shape index (κ3) is 11.2. The molecule has 0 amide bonds. The molecule has 0 saturated heterocycles. The minimum absolute atomic E-state index is 0.0784. The third-order valence-corrected chi connectivity index (χ3v) is 10.5. The summed E-state index contributed by atoms with van der Waals surface area (Å²) in [6.07, 6.45) is 0. The SMILES string of the molecule is O=C(O)c1ccc(N(CCN(CCN(c2ccc(C(=O)O)cc2)c2ccc(C(=O)O)cc2)c2ccc(C(=O)O)cc2)CCN(c2ccc(C(=O)O)cc2)c2ccc(C(=O)O)cc2)cc1. The molecule has 6 aromatic rings. The number of benzene rings is 6. The van der Waals surface area contributed by atoms with Crippen LogP contribution in [0.15, 0.2) is 146 Å². The Hall–Kier alpha value is -8.66. The maximum absolute atomic E-state index is 11.8. The molecular formula is C48H42N4O12. The monoisotopic (exact) mass is 866 g/mol. The van der Waals surface area contributed by atoms with Crippen LogP contribution in [0, 0.1) is 0 Å². The van der Waals surface area contributed by atoms with Crippen LogP contribution in [0.1, 0.15) is 62.1 Å². The van der Waals surface area contributed by atoms with Gasteiger partial charge >= 0.3 is 35.8 Å². The smallest absolute Gasteiger partial charge is 0.335 e. The first-order valence-electron chi connectivity index (χ1n) is 19.7. The highest BCUT2D eigenvalue weighted by Crippen LogP contribution is 2.29. The standard InChI is InChI=1S/C48H42N4O12/c53-43(54)31-1-13-37(14-2-31)49(27-29-51(39-17-5-33(6-18-39)45(57)58)40-19-7-34(8-20-40)46(59)60)25-26-50(38-15-3-32(4-16-38)44(55)56)28-30-52(41-21-9-35(10-22-41)47(61)62)42-23-11-36(12-24-42)48(63)64/h1-24H,25-30H2,(H,53,54)(H,55,56)(H,57,58)(H,59,60)(H,61,62)(H,63,64). The summed E-state index contributed by atoms with van der Waals surface area (Å²) in [7, 11) is 0. The van der Waals surface area contributed by atoms with E-state index in [1.165, 1.54) is 72.8 Å². The first kappa shape index (κ1) is 44.9. The number of aromatic carboxylic acids is 6. The van der Waals surface area contributed by atoms with E-state index >= 15 is 0 Å². The lowest BCUT2D eigenvalue weighted by molar-refractivity contribution is 0.0686. The summed E-state index contributed by atoms with van der Waals surface area (Å²) in [5, 5.41) is 57.5. The molecule has 16 nitrogen and oxygen atoms in total. The van der Waals surface area contributed by atoms with Crippen LogP contribution in [0.3, 0.4) is 0 Å². The van der Waals surface area contributed by atoms with Gasteiger partial charge in [0.15, 0.2) is 0 Å². The van der Waals surface area contributed by atoms with Gasteiger partial charge < -0.3 is 50.2 Å². The molecule has 0 bridgehead atoms. The van der Waals surface area contributed by atoms with Crippen molar-refractivity contribution in [3.63, 3.8) is 0 Å². The second-order valence-electron chi connectivity index (χ2n) is 14.4. The van der Waals surface area contributed by atoms with Crippen LogP contribution >= 0.6 is 0 Å². The van der Waals surface area contributed by atoms with Gasteiger partial charge in [-0.15, -0.1) is 0 Å².